The van der Waals surface area contributed by atoms with Gasteiger partial charge in [-0.2, -0.15) is 9.97 Å². The molecule has 2 aromatic rings. The number of carboxylic acid groups (broad SMARTS) is 2. The van der Waals surface area contributed by atoms with E-state index in [1.807, 2.05) is 0 Å². The van der Waals surface area contributed by atoms with Gasteiger partial charge in [0.15, 0.2) is 11.6 Å². The van der Waals surface area contributed by atoms with Crippen molar-refractivity contribution in [3.8, 4) is 0 Å². The van der Waals surface area contributed by atoms with Crippen LogP contribution in [0.1, 0.15) is 36.3 Å². The molecule has 0 amide bonds. The average Bonchev–Trinajstić information content (AvgIpc) is 3.35. The van der Waals surface area contributed by atoms with Crippen LogP contribution >= 0.6 is 11.6 Å². The zero-order valence-electron chi connectivity index (χ0n) is 16.6. The molecule has 0 radical (unpaired) electrons. The summed E-state index contributed by atoms with van der Waals surface area (Å²) in [5.41, 5.74) is 0. The summed E-state index contributed by atoms with van der Waals surface area (Å²) in [5.74, 6) is -0.197. The number of morpholine rings is 1. The van der Waals surface area contributed by atoms with Crippen LogP contribution in [0.2, 0.25) is 0 Å². The Morgan fingerprint density at radius 2 is 1.60 bits per heavy atom. The van der Waals surface area contributed by atoms with Crippen molar-refractivity contribution in [2.75, 3.05) is 26.3 Å². The molecule has 1 saturated heterocycles. The fraction of sp³-hybridized carbons (Fsp3) is 0.625. The Labute approximate surface area is 199 Å². The van der Waals surface area contributed by atoms with Gasteiger partial charge in [0.1, 0.15) is 0 Å². The Balaban J connectivity index is 0.000000308. The topological polar surface area (TPSA) is 168 Å². The van der Waals surface area contributed by atoms with E-state index in [1.165, 1.54) is 0 Å². The van der Waals surface area contributed by atoms with E-state index in [0.29, 0.717) is 30.0 Å². The Morgan fingerprint density at radius 1 is 1.03 bits per heavy atom. The minimum Gasteiger partial charge on any atom is -0.550 e. The first-order valence-corrected chi connectivity index (χ1v) is 9.40. The van der Waals surface area contributed by atoms with Gasteiger partial charge in [-0.15, -0.1) is 11.6 Å². The molecule has 1 aliphatic rings. The van der Waals surface area contributed by atoms with Gasteiger partial charge >= 0.3 is 35.5 Å². The van der Waals surface area contributed by atoms with Gasteiger partial charge in [0.05, 0.1) is 32.1 Å². The van der Waals surface area contributed by atoms with Crippen molar-refractivity contribution >= 4 is 23.5 Å². The van der Waals surface area contributed by atoms with Gasteiger partial charge in [0, 0.05) is 31.9 Å². The van der Waals surface area contributed by atoms with Crippen molar-refractivity contribution in [3.05, 3.63) is 23.4 Å². The molecule has 30 heavy (non-hydrogen) atoms. The van der Waals surface area contributed by atoms with Crippen molar-refractivity contribution in [2.24, 2.45) is 0 Å². The third kappa shape index (κ3) is 10.5. The van der Waals surface area contributed by atoms with Crippen LogP contribution in [0.3, 0.4) is 0 Å². The van der Waals surface area contributed by atoms with Crippen LogP contribution in [0, 0.1) is 0 Å². The molecular weight excluding hydrogens is 433 g/mol. The summed E-state index contributed by atoms with van der Waals surface area (Å²) in [5, 5.41) is 25.9. The normalized spacial score (nSPS) is 13.8. The first-order valence-electron chi connectivity index (χ1n) is 8.87. The Kier molecular flexibility index (Phi) is 12.7. The SMILES string of the molecule is O=C(O)CCc1nc(CCl)no1.O=C([O-])CCc1nc(CN2CCOCC2)no1.[Na+]. The number of hydrogen-bond donors (Lipinski definition) is 1. The molecule has 3 rings (SSSR count). The first kappa shape index (κ1) is 26.5. The summed E-state index contributed by atoms with van der Waals surface area (Å²) in [4.78, 5) is 30.5. The van der Waals surface area contributed by atoms with E-state index in [4.69, 9.17) is 30.5 Å². The number of carbonyl (C=O) groups is 2. The fourth-order valence-corrected chi connectivity index (χ4v) is 2.39. The molecule has 14 heteroatoms. The number of ether oxygens (including phenoxy) is 1. The number of carboxylic acids is 2. The molecule has 2 aromatic heterocycles. The van der Waals surface area contributed by atoms with Gasteiger partial charge < -0.3 is 28.8 Å². The van der Waals surface area contributed by atoms with Gasteiger partial charge in [0.2, 0.25) is 11.8 Å². The predicted molar refractivity (Wildman–Crippen MR) is 93.5 cm³/mol. The molecule has 1 N–H and O–H groups in total. The van der Waals surface area contributed by atoms with Crippen LogP contribution in [0.5, 0.6) is 0 Å². The van der Waals surface area contributed by atoms with E-state index < -0.39 is 11.9 Å². The van der Waals surface area contributed by atoms with Gasteiger partial charge in [-0.1, -0.05) is 10.3 Å². The van der Waals surface area contributed by atoms with Crippen LogP contribution < -0.4 is 34.7 Å². The number of alkyl halides is 1. The number of aromatic nitrogens is 4. The van der Waals surface area contributed by atoms with E-state index in [2.05, 4.69) is 25.2 Å². The summed E-state index contributed by atoms with van der Waals surface area (Å²) in [6, 6.07) is 0. The zero-order valence-corrected chi connectivity index (χ0v) is 19.3. The third-order valence-corrected chi connectivity index (χ3v) is 3.94. The molecule has 0 bridgehead atoms. The quantitative estimate of drug-likeness (QED) is 0.293. The maximum Gasteiger partial charge on any atom is 1.00 e. The Bertz CT molecular complexity index is 782. The number of halogens is 1. The number of aryl methyl sites for hydroxylation is 2. The molecule has 0 spiro atoms. The number of hydrogen-bond acceptors (Lipinski definition) is 11. The van der Waals surface area contributed by atoms with Crippen molar-refractivity contribution in [3.63, 3.8) is 0 Å². The first-order chi connectivity index (χ1) is 14.0. The van der Waals surface area contributed by atoms with Gasteiger partial charge in [-0.05, 0) is 6.42 Å². The second kappa shape index (κ2) is 14.4. The van der Waals surface area contributed by atoms with Crippen molar-refractivity contribution < 1.29 is 63.1 Å². The molecule has 0 saturated carbocycles. The molecule has 160 valence electrons. The maximum atomic E-state index is 10.3. The monoisotopic (exact) mass is 453 g/mol. The molecule has 0 unspecified atom stereocenters. The van der Waals surface area contributed by atoms with Crippen LogP contribution in [0.4, 0.5) is 0 Å². The minimum absolute atomic E-state index is 0. The zero-order chi connectivity index (χ0) is 21.1. The van der Waals surface area contributed by atoms with Crippen LogP contribution in [0.25, 0.3) is 0 Å². The maximum absolute atomic E-state index is 10.3. The largest absolute Gasteiger partial charge is 1.00 e. The standard InChI is InChI=1S/C10H15N3O4.C6H7ClN2O3.Na/c14-10(15)2-1-9-11-8(12-17-9)7-13-3-5-16-6-4-13;7-3-4-8-5(12-9-4)1-2-6(10)11;/h1-7H2,(H,14,15);1-3H2,(H,10,11);/q;;+1/p-1. The van der Waals surface area contributed by atoms with Crippen molar-refractivity contribution in [2.45, 2.75) is 38.1 Å². The van der Waals surface area contributed by atoms with Gasteiger partial charge in [0.25, 0.3) is 0 Å². The summed E-state index contributed by atoms with van der Waals surface area (Å²) >= 11 is 5.40. The molecule has 0 atom stereocenters. The molecule has 1 aliphatic heterocycles. The second-order valence-electron chi connectivity index (χ2n) is 6.00. The second-order valence-corrected chi connectivity index (χ2v) is 6.26. The number of carbonyl (C=O) groups excluding carboxylic acids is 1. The molecule has 12 nitrogen and oxygen atoms in total. The molecule has 1 fully saturated rings. The van der Waals surface area contributed by atoms with E-state index in [1.54, 1.807) is 0 Å². The summed E-state index contributed by atoms with van der Waals surface area (Å²) < 4.78 is 14.9. The van der Waals surface area contributed by atoms with Gasteiger partial charge in [-0.3, -0.25) is 9.69 Å². The molecular formula is C16H21ClN5NaO7. The molecule has 0 aliphatic carbocycles. The summed E-state index contributed by atoms with van der Waals surface area (Å²) in [7, 11) is 0. The Morgan fingerprint density at radius 3 is 2.13 bits per heavy atom. The summed E-state index contributed by atoms with van der Waals surface area (Å²) in [6.07, 6.45) is 0.362. The predicted octanol–water partition coefficient (Wildman–Crippen LogP) is -3.59. The van der Waals surface area contributed by atoms with Crippen LogP contribution in [0.15, 0.2) is 9.05 Å². The van der Waals surface area contributed by atoms with Crippen LogP contribution in [-0.4, -0.2) is 68.5 Å². The molecule has 0 aromatic carbocycles. The summed E-state index contributed by atoms with van der Waals surface area (Å²) in [6.45, 7) is 3.74. The van der Waals surface area contributed by atoms with E-state index >= 15 is 0 Å². The average molecular weight is 454 g/mol. The molecule has 3 heterocycles. The van der Waals surface area contributed by atoms with E-state index in [-0.39, 0.29) is 61.1 Å². The van der Waals surface area contributed by atoms with E-state index in [9.17, 15) is 14.7 Å². The van der Waals surface area contributed by atoms with Crippen LogP contribution in [-0.2, 0) is 39.6 Å². The Hall–Kier alpha value is -1.57. The van der Waals surface area contributed by atoms with Gasteiger partial charge in [-0.25, -0.2) is 0 Å². The van der Waals surface area contributed by atoms with Crippen molar-refractivity contribution in [1.82, 2.24) is 25.2 Å². The van der Waals surface area contributed by atoms with Crippen molar-refractivity contribution in [1.29, 1.82) is 0 Å². The fourth-order valence-electron chi connectivity index (χ4n) is 2.28. The smallest absolute Gasteiger partial charge is 0.550 e. The third-order valence-electron chi connectivity index (χ3n) is 3.70. The van der Waals surface area contributed by atoms with E-state index in [0.717, 1.165) is 26.3 Å². The number of nitrogens with zero attached hydrogens (tertiary/aromatic N) is 5. The number of aliphatic carboxylic acids is 2. The minimum atomic E-state index is -1.11. The number of rotatable bonds is 9.